The highest BCUT2D eigenvalue weighted by molar-refractivity contribution is 5.85. The average molecular weight is 248 g/mol. The standard InChI is InChI=1S/C15H20O3/c1-9(16)15(18)7-11-3-2-10-6-12(17)4-5-13(10)14(11)8-15/h11,14,18H,2-8H2,1H3. The minimum absolute atomic E-state index is 0.0917. The maximum atomic E-state index is 11.6. The normalized spacial score (nSPS) is 39.6. The predicted molar refractivity (Wildman–Crippen MR) is 67.0 cm³/mol. The van der Waals surface area contributed by atoms with Crippen LogP contribution in [0.4, 0.5) is 0 Å². The first-order valence-corrected chi connectivity index (χ1v) is 6.95. The Balaban J connectivity index is 1.89. The maximum absolute atomic E-state index is 11.6. The van der Waals surface area contributed by atoms with Crippen LogP contribution in [0.25, 0.3) is 0 Å². The maximum Gasteiger partial charge on any atom is 0.161 e. The van der Waals surface area contributed by atoms with Crippen LogP contribution in [-0.2, 0) is 9.59 Å². The van der Waals surface area contributed by atoms with E-state index in [1.807, 2.05) is 0 Å². The highest BCUT2D eigenvalue weighted by Gasteiger charge is 2.50. The Bertz CT molecular complexity index is 449. The Morgan fingerprint density at radius 3 is 2.78 bits per heavy atom. The highest BCUT2D eigenvalue weighted by Crippen LogP contribution is 2.52. The summed E-state index contributed by atoms with van der Waals surface area (Å²) in [5, 5.41) is 10.4. The number of carbonyl (C=O) groups excluding carboxylic acids is 2. The molecule has 3 nitrogen and oxygen atoms in total. The number of aliphatic hydroxyl groups is 1. The van der Waals surface area contributed by atoms with E-state index >= 15 is 0 Å². The molecule has 0 saturated heterocycles. The molecule has 0 aliphatic heterocycles. The third-order valence-electron chi connectivity index (χ3n) is 5.18. The first kappa shape index (κ1) is 12.1. The topological polar surface area (TPSA) is 54.4 Å². The van der Waals surface area contributed by atoms with E-state index in [9.17, 15) is 14.7 Å². The molecule has 98 valence electrons. The van der Waals surface area contributed by atoms with Crippen molar-refractivity contribution in [2.45, 2.75) is 57.5 Å². The van der Waals surface area contributed by atoms with Gasteiger partial charge in [-0.1, -0.05) is 11.1 Å². The third kappa shape index (κ3) is 1.76. The predicted octanol–water partition coefficient (Wildman–Crippen LogP) is 2.18. The summed E-state index contributed by atoms with van der Waals surface area (Å²) in [5.41, 5.74) is 1.63. The summed E-state index contributed by atoms with van der Waals surface area (Å²) in [7, 11) is 0. The van der Waals surface area contributed by atoms with E-state index < -0.39 is 5.60 Å². The third-order valence-corrected chi connectivity index (χ3v) is 5.18. The van der Waals surface area contributed by atoms with Crippen molar-refractivity contribution in [3.8, 4) is 0 Å². The van der Waals surface area contributed by atoms with Crippen LogP contribution in [0.15, 0.2) is 11.1 Å². The van der Waals surface area contributed by atoms with Gasteiger partial charge in [-0.2, -0.15) is 0 Å². The van der Waals surface area contributed by atoms with E-state index in [0.717, 1.165) is 19.3 Å². The Morgan fingerprint density at radius 2 is 2.06 bits per heavy atom. The van der Waals surface area contributed by atoms with Gasteiger partial charge in [0.05, 0.1) is 0 Å². The van der Waals surface area contributed by atoms with Crippen molar-refractivity contribution in [3.63, 3.8) is 0 Å². The molecule has 0 amide bonds. The van der Waals surface area contributed by atoms with Gasteiger partial charge in [-0.3, -0.25) is 9.59 Å². The van der Waals surface area contributed by atoms with Gasteiger partial charge in [0.25, 0.3) is 0 Å². The van der Waals surface area contributed by atoms with Crippen molar-refractivity contribution in [2.24, 2.45) is 11.8 Å². The second-order valence-corrected chi connectivity index (χ2v) is 6.25. The molecular weight excluding hydrogens is 228 g/mol. The fourth-order valence-corrected chi connectivity index (χ4v) is 4.14. The molecule has 0 aromatic heterocycles. The van der Waals surface area contributed by atoms with Crippen LogP contribution in [0.3, 0.4) is 0 Å². The lowest BCUT2D eigenvalue weighted by Crippen LogP contribution is -2.34. The van der Waals surface area contributed by atoms with Crippen LogP contribution >= 0.6 is 0 Å². The number of Topliss-reactive ketones (excluding diaryl/α,β-unsaturated/α-hetero) is 2. The zero-order valence-corrected chi connectivity index (χ0v) is 10.9. The lowest BCUT2D eigenvalue weighted by Gasteiger charge is -2.33. The summed E-state index contributed by atoms with van der Waals surface area (Å²) in [6.45, 7) is 1.50. The second-order valence-electron chi connectivity index (χ2n) is 6.25. The quantitative estimate of drug-likeness (QED) is 0.724. The molecule has 1 saturated carbocycles. The molecule has 0 heterocycles. The molecule has 0 aromatic carbocycles. The van der Waals surface area contributed by atoms with Crippen molar-refractivity contribution >= 4 is 11.6 Å². The molecule has 18 heavy (non-hydrogen) atoms. The van der Waals surface area contributed by atoms with Crippen LogP contribution in [-0.4, -0.2) is 22.3 Å². The number of fused-ring (bicyclic) bond motifs is 2. The zero-order chi connectivity index (χ0) is 12.9. The fourth-order valence-electron chi connectivity index (χ4n) is 4.14. The molecule has 3 aliphatic carbocycles. The lowest BCUT2D eigenvalue weighted by atomic mass is 9.71. The van der Waals surface area contributed by atoms with Gasteiger partial charge in [0.1, 0.15) is 11.4 Å². The first-order chi connectivity index (χ1) is 8.49. The van der Waals surface area contributed by atoms with Gasteiger partial charge in [-0.05, 0) is 50.9 Å². The molecule has 1 N–H and O–H groups in total. The molecule has 0 aromatic rings. The van der Waals surface area contributed by atoms with E-state index in [1.54, 1.807) is 0 Å². The van der Waals surface area contributed by atoms with Crippen LogP contribution < -0.4 is 0 Å². The molecule has 3 heteroatoms. The SMILES string of the molecule is CC(=O)C1(O)CC2CCC3=C(CCC(=O)C3)C2C1. The summed E-state index contributed by atoms with van der Waals surface area (Å²) < 4.78 is 0. The van der Waals surface area contributed by atoms with Crippen LogP contribution in [0.5, 0.6) is 0 Å². The number of rotatable bonds is 1. The Labute approximate surface area is 107 Å². The van der Waals surface area contributed by atoms with Crippen molar-refractivity contribution in [2.75, 3.05) is 0 Å². The minimum atomic E-state index is -1.10. The largest absolute Gasteiger partial charge is 0.382 e. The number of hydrogen-bond donors (Lipinski definition) is 1. The molecule has 3 atom stereocenters. The number of hydrogen-bond acceptors (Lipinski definition) is 3. The van der Waals surface area contributed by atoms with Crippen molar-refractivity contribution < 1.29 is 14.7 Å². The molecule has 0 bridgehead atoms. The average Bonchev–Trinajstić information content (AvgIpc) is 2.67. The van der Waals surface area contributed by atoms with Crippen LogP contribution in [0, 0.1) is 11.8 Å². The molecule has 3 aliphatic rings. The number of ketones is 2. The van der Waals surface area contributed by atoms with E-state index in [2.05, 4.69) is 0 Å². The molecule has 3 rings (SSSR count). The van der Waals surface area contributed by atoms with Gasteiger partial charge >= 0.3 is 0 Å². The van der Waals surface area contributed by atoms with E-state index in [4.69, 9.17) is 0 Å². The number of allylic oxidation sites excluding steroid dienone is 2. The van der Waals surface area contributed by atoms with Gasteiger partial charge in [-0.25, -0.2) is 0 Å². The smallest absolute Gasteiger partial charge is 0.161 e. The van der Waals surface area contributed by atoms with Gasteiger partial charge in [-0.15, -0.1) is 0 Å². The Morgan fingerprint density at radius 1 is 1.28 bits per heavy atom. The van der Waals surface area contributed by atoms with Gasteiger partial charge in [0.15, 0.2) is 5.78 Å². The molecule has 3 unspecified atom stereocenters. The van der Waals surface area contributed by atoms with E-state index in [0.29, 0.717) is 43.3 Å². The van der Waals surface area contributed by atoms with Gasteiger partial charge in [0, 0.05) is 12.8 Å². The zero-order valence-electron chi connectivity index (χ0n) is 10.9. The first-order valence-electron chi connectivity index (χ1n) is 6.95. The molecular formula is C15H20O3. The van der Waals surface area contributed by atoms with Crippen molar-refractivity contribution in [3.05, 3.63) is 11.1 Å². The summed E-state index contributed by atoms with van der Waals surface area (Å²) in [6.07, 6.45) is 5.38. The summed E-state index contributed by atoms with van der Waals surface area (Å²) in [6, 6.07) is 0. The Kier molecular flexibility index (Phi) is 2.70. The second kappa shape index (κ2) is 4.02. The summed E-state index contributed by atoms with van der Waals surface area (Å²) in [4.78, 5) is 23.1. The Hall–Kier alpha value is -0.960. The van der Waals surface area contributed by atoms with Gasteiger partial charge < -0.3 is 5.11 Å². The number of carbonyl (C=O) groups is 2. The fraction of sp³-hybridized carbons (Fsp3) is 0.733. The van der Waals surface area contributed by atoms with E-state index in [1.165, 1.54) is 18.1 Å². The monoisotopic (exact) mass is 248 g/mol. The van der Waals surface area contributed by atoms with Crippen LogP contribution in [0.1, 0.15) is 51.9 Å². The van der Waals surface area contributed by atoms with Crippen molar-refractivity contribution in [1.29, 1.82) is 0 Å². The molecule has 1 fully saturated rings. The summed E-state index contributed by atoms with van der Waals surface area (Å²) >= 11 is 0. The van der Waals surface area contributed by atoms with Gasteiger partial charge in [0.2, 0.25) is 0 Å². The minimum Gasteiger partial charge on any atom is -0.382 e. The molecule has 0 spiro atoms. The van der Waals surface area contributed by atoms with Crippen LogP contribution in [0.2, 0.25) is 0 Å². The summed E-state index contributed by atoms with van der Waals surface area (Å²) in [5.74, 6) is 1.07. The lowest BCUT2D eigenvalue weighted by molar-refractivity contribution is -0.134. The van der Waals surface area contributed by atoms with Crippen molar-refractivity contribution in [1.82, 2.24) is 0 Å². The highest BCUT2D eigenvalue weighted by atomic mass is 16.3. The van der Waals surface area contributed by atoms with E-state index in [-0.39, 0.29) is 5.78 Å². The molecule has 0 radical (unpaired) electrons.